The number of methoxy groups -OCH3 is 1. The molecule has 1 heterocycles. The molecule has 0 saturated heterocycles. The van der Waals surface area contributed by atoms with Crippen LogP contribution in [-0.2, 0) is 0 Å². The molecule has 5 nitrogen and oxygen atoms in total. The molecule has 2 rings (SSSR count). The molecule has 3 N–H and O–H groups in total. The first kappa shape index (κ1) is 13.9. The average Bonchev–Trinajstić information content (AvgIpc) is 2.48. The number of carbonyl (C=O) groups is 1. The number of anilines is 1. The Balaban J connectivity index is 2.04. The lowest BCUT2D eigenvalue weighted by Crippen LogP contribution is -2.27. The van der Waals surface area contributed by atoms with Crippen LogP contribution in [0.25, 0.3) is 0 Å². The predicted molar refractivity (Wildman–Crippen MR) is 77.5 cm³/mol. The largest absolute Gasteiger partial charge is 0.497 e. The van der Waals surface area contributed by atoms with Crippen LogP contribution < -0.4 is 15.8 Å². The number of pyridine rings is 1. The van der Waals surface area contributed by atoms with E-state index in [1.807, 2.05) is 31.2 Å². The Kier molecular flexibility index (Phi) is 4.20. The third-order valence-electron chi connectivity index (χ3n) is 2.98. The van der Waals surface area contributed by atoms with Gasteiger partial charge in [-0.05, 0) is 36.8 Å². The van der Waals surface area contributed by atoms with E-state index in [9.17, 15) is 4.79 Å². The average molecular weight is 271 g/mol. The van der Waals surface area contributed by atoms with Gasteiger partial charge in [0.25, 0.3) is 5.91 Å². The van der Waals surface area contributed by atoms with Crippen molar-refractivity contribution in [3.05, 3.63) is 53.9 Å². The Morgan fingerprint density at radius 2 is 1.95 bits per heavy atom. The van der Waals surface area contributed by atoms with Crippen molar-refractivity contribution in [3.63, 3.8) is 0 Å². The zero-order valence-electron chi connectivity index (χ0n) is 11.5. The highest BCUT2D eigenvalue weighted by molar-refractivity contribution is 5.92. The van der Waals surface area contributed by atoms with Gasteiger partial charge in [0.2, 0.25) is 0 Å². The van der Waals surface area contributed by atoms with Crippen LogP contribution >= 0.6 is 0 Å². The number of nitrogens with one attached hydrogen (secondary N) is 1. The van der Waals surface area contributed by atoms with Gasteiger partial charge in [0, 0.05) is 0 Å². The van der Waals surface area contributed by atoms with Gasteiger partial charge in [-0.3, -0.25) is 4.79 Å². The molecule has 0 bridgehead atoms. The van der Waals surface area contributed by atoms with E-state index < -0.39 is 0 Å². The molecule has 0 unspecified atom stereocenters. The second-order valence-electron chi connectivity index (χ2n) is 4.45. The molecule has 1 aromatic carbocycles. The summed E-state index contributed by atoms with van der Waals surface area (Å²) >= 11 is 0. The zero-order valence-corrected chi connectivity index (χ0v) is 11.5. The van der Waals surface area contributed by atoms with Crippen LogP contribution in [0.1, 0.15) is 29.0 Å². The minimum Gasteiger partial charge on any atom is -0.497 e. The van der Waals surface area contributed by atoms with Crippen LogP contribution in [0.2, 0.25) is 0 Å². The van der Waals surface area contributed by atoms with E-state index in [0.29, 0.717) is 11.4 Å². The van der Waals surface area contributed by atoms with Crippen LogP contribution in [0, 0.1) is 0 Å². The van der Waals surface area contributed by atoms with Gasteiger partial charge < -0.3 is 15.8 Å². The van der Waals surface area contributed by atoms with Crippen molar-refractivity contribution < 1.29 is 9.53 Å². The number of nitrogen functional groups attached to an aromatic ring is 1. The summed E-state index contributed by atoms with van der Waals surface area (Å²) in [5.74, 6) is 0.556. The standard InChI is InChI=1S/C15H17N3O2/c1-10(11-3-6-13(20-2)7-4-11)18-15(19)14-8-5-12(16)9-17-14/h3-10H,16H2,1-2H3,(H,18,19)/t10-/m0/s1. The summed E-state index contributed by atoms with van der Waals surface area (Å²) in [4.78, 5) is 16.0. The third-order valence-corrected chi connectivity index (χ3v) is 2.98. The molecule has 0 saturated carbocycles. The van der Waals surface area contributed by atoms with Gasteiger partial charge in [-0.25, -0.2) is 4.98 Å². The summed E-state index contributed by atoms with van der Waals surface area (Å²) < 4.78 is 5.10. The van der Waals surface area contributed by atoms with Crippen LogP contribution in [0.3, 0.4) is 0 Å². The molecule has 0 aliphatic rings. The van der Waals surface area contributed by atoms with E-state index in [-0.39, 0.29) is 11.9 Å². The quantitative estimate of drug-likeness (QED) is 0.893. The van der Waals surface area contributed by atoms with Crippen molar-refractivity contribution in [1.82, 2.24) is 10.3 Å². The number of aromatic nitrogens is 1. The maximum absolute atomic E-state index is 12.0. The summed E-state index contributed by atoms with van der Waals surface area (Å²) in [6.45, 7) is 1.91. The fourth-order valence-corrected chi connectivity index (χ4v) is 1.79. The second kappa shape index (κ2) is 6.06. The van der Waals surface area contributed by atoms with Crippen molar-refractivity contribution in [1.29, 1.82) is 0 Å². The zero-order chi connectivity index (χ0) is 14.5. The Labute approximate surface area is 117 Å². The number of benzene rings is 1. The van der Waals surface area contributed by atoms with E-state index in [1.54, 1.807) is 19.2 Å². The summed E-state index contributed by atoms with van der Waals surface area (Å²) in [5.41, 5.74) is 7.41. The molecule has 0 aliphatic carbocycles. The number of amides is 1. The first-order valence-corrected chi connectivity index (χ1v) is 6.26. The number of rotatable bonds is 4. The number of nitrogens with two attached hydrogens (primary N) is 1. The lowest BCUT2D eigenvalue weighted by molar-refractivity contribution is 0.0935. The third kappa shape index (κ3) is 3.26. The molecular formula is C15H17N3O2. The molecule has 104 valence electrons. The van der Waals surface area contributed by atoms with Gasteiger partial charge in [0.1, 0.15) is 11.4 Å². The van der Waals surface area contributed by atoms with Crippen molar-refractivity contribution in [2.24, 2.45) is 0 Å². The minimum absolute atomic E-state index is 0.118. The van der Waals surface area contributed by atoms with Crippen molar-refractivity contribution in [2.45, 2.75) is 13.0 Å². The van der Waals surface area contributed by atoms with Crippen molar-refractivity contribution in [3.8, 4) is 5.75 Å². The summed E-state index contributed by atoms with van der Waals surface area (Å²) in [5, 5.41) is 2.89. The molecule has 0 fully saturated rings. The fourth-order valence-electron chi connectivity index (χ4n) is 1.79. The van der Waals surface area contributed by atoms with Crippen LogP contribution in [0.5, 0.6) is 5.75 Å². The minimum atomic E-state index is -0.228. The number of carbonyl (C=O) groups excluding carboxylic acids is 1. The van der Waals surface area contributed by atoms with Crippen LogP contribution in [0.4, 0.5) is 5.69 Å². The molecule has 0 radical (unpaired) electrons. The number of hydrogen-bond donors (Lipinski definition) is 2. The van der Waals surface area contributed by atoms with Gasteiger partial charge in [-0.2, -0.15) is 0 Å². The maximum Gasteiger partial charge on any atom is 0.270 e. The van der Waals surface area contributed by atoms with Gasteiger partial charge in [-0.1, -0.05) is 12.1 Å². The SMILES string of the molecule is COc1ccc([C@H](C)NC(=O)c2ccc(N)cn2)cc1. The number of hydrogen-bond acceptors (Lipinski definition) is 4. The smallest absolute Gasteiger partial charge is 0.270 e. The monoisotopic (exact) mass is 271 g/mol. The van der Waals surface area contributed by atoms with Crippen LogP contribution in [-0.4, -0.2) is 18.0 Å². The van der Waals surface area contributed by atoms with Gasteiger partial charge in [0.05, 0.1) is 25.0 Å². The van der Waals surface area contributed by atoms with Crippen molar-refractivity contribution >= 4 is 11.6 Å². The summed E-state index contributed by atoms with van der Waals surface area (Å²) in [6, 6.07) is 10.7. The maximum atomic E-state index is 12.0. The predicted octanol–water partition coefficient (Wildman–Crippen LogP) is 2.16. The highest BCUT2D eigenvalue weighted by Crippen LogP contribution is 2.17. The van der Waals surface area contributed by atoms with E-state index in [4.69, 9.17) is 10.5 Å². The van der Waals surface area contributed by atoms with E-state index >= 15 is 0 Å². The molecule has 20 heavy (non-hydrogen) atoms. The highest BCUT2D eigenvalue weighted by Gasteiger charge is 2.12. The Morgan fingerprint density at radius 1 is 1.25 bits per heavy atom. The van der Waals surface area contributed by atoms with Crippen molar-refractivity contribution in [2.75, 3.05) is 12.8 Å². The van der Waals surface area contributed by atoms with Crippen LogP contribution in [0.15, 0.2) is 42.6 Å². The second-order valence-corrected chi connectivity index (χ2v) is 4.45. The van der Waals surface area contributed by atoms with E-state index in [0.717, 1.165) is 11.3 Å². The lowest BCUT2D eigenvalue weighted by atomic mass is 10.1. The molecule has 5 heteroatoms. The molecule has 0 aliphatic heterocycles. The lowest BCUT2D eigenvalue weighted by Gasteiger charge is -2.14. The molecular weight excluding hydrogens is 254 g/mol. The topological polar surface area (TPSA) is 77.2 Å². The van der Waals surface area contributed by atoms with Gasteiger partial charge in [0.15, 0.2) is 0 Å². The first-order chi connectivity index (χ1) is 9.60. The Morgan fingerprint density at radius 3 is 2.50 bits per heavy atom. The number of ether oxygens (including phenoxy) is 1. The van der Waals surface area contributed by atoms with E-state index in [1.165, 1.54) is 6.20 Å². The van der Waals surface area contributed by atoms with E-state index in [2.05, 4.69) is 10.3 Å². The summed E-state index contributed by atoms with van der Waals surface area (Å²) in [7, 11) is 1.62. The number of nitrogens with zero attached hydrogens (tertiary/aromatic N) is 1. The molecule has 1 amide bonds. The summed E-state index contributed by atoms with van der Waals surface area (Å²) in [6.07, 6.45) is 1.47. The molecule has 2 aromatic rings. The fraction of sp³-hybridized carbons (Fsp3) is 0.200. The molecule has 1 aromatic heterocycles. The molecule has 0 spiro atoms. The first-order valence-electron chi connectivity index (χ1n) is 6.26. The molecule has 1 atom stereocenters. The normalized spacial score (nSPS) is 11.7. The van der Waals surface area contributed by atoms with Gasteiger partial charge in [-0.15, -0.1) is 0 Å². The highest BCUT2D eigenvalue weighted by atomic mass is 16.5. The van der Waals surface area contributed by atoms with Gasteiger partial charge >= 0.3 is 0 Å². The Hall–Kier alpha value is -2.56. The Bertz CT molecular complexity index is 579.